The second kappa shape index (κ2) is 7.20. The molecule has 3 atom stereocenters. The smallest absolute Gasteiger partial charge is 0.0431 e. The minimum atomic E-state index is -0.865. The lowest BCUT2D eigenvalue weighted by Gasteiger charge is -2.19. The lowest BCUT2D eigenvalue weighted by Crippen LogP contribution is -2.26. The van der Waals surface area contributed by atoms with Crippen LogP contribution in [-0.2, 0) is 10.8 Å². The molecule has 0 fully saturated rings. The number of nitrogens with two attached hydrogens (primary N) is 1. The molecule has 0 radical (unpaired) electrons. The van der Waals surface area contributed by atoms with E-state index in [4.69, 9.17) is 5.73 Å². The van der Waals surface area contributed by atoms with Gasteiger partial charge in [-0.1, -0.05) is 58.9 Å². The third kappa shape index (κ3) is 4.73. The van der Waals surface area contributed by atoms with Crippen LogP contribution in [0.3, 0.4) is 0 Å². The average Bonchev–Trinajstić information content (AvgIpc) is 2.37. The molecule has 0 bridgehead atoms. The van der Waals surface area contributed by atoms with Gasteiger partial charge in [0.1, 0.15) is 0 Å². The van der Waals surface area contributed by atoms with Crippen LogP contribution >= 0.6 is 0 Å². The standard InChI is InChI=1S/C16H27NOS/c1-11(2)13(5)19(18)10-16(17)15-8-6-14(7-9-15)12(3)4/h6-9,11-13,16H,10,17H2,1-5H3. The fourth-order valence-electron chi connectivity index (χ4n) is 1.86. The van der Waals surface area contributed by atoms with Crippen molar-refractivity contribution in [2.24, 2.45) is 11.7 Å². The Balaban J connectivity index is 2.68. The molecule has 0 amide bonds. The molecule has 0 saturated carbocycles. The van der Waals surface area contributed by atoms with E-state index in [0.29, 0.717) is 17.6 Å². The maximum atomic E-state index is 12.2. The quantitative estimate of drug-likeness (QED) is 0.865. The molecule has 3 unspecified atom stereocenters. The molecule has 0 aliphatic carbocycles. The molecule has 0 spiro atoms. The zero-order chi connectivity index (χ0) is 14.6. The monoisotopic (exact) mass is 281 g/mol. The summed E-state index contributed by atoms with van der Waals surface area (Å²) in [4.78, 5) is 0. The molecular weight excluding hydrogens is 254 g/mol. The molecule has 0 aliphatic heterocycles. The summed E-state index contributed by atoms with van der Waals surface area (Å²) in [6.45, 7) is 10.6. The van der Waals surface area contributed by atoms with E-state index < -0.39 is 10.8 Å². The summed E-state index contributed by atoms with van der Waals surface area (Å²) in [6, 6.07) is 8.24. The largest absolute Gasteiger partial charge is 0.323 e. The zero-order valence-corrected chi connectivity index (χ0v) is 13.5. The van der Waals surface area contributed by atoms with Crippen LogP contribution in [-0.4, -0.2) is 15.2 Å². The van der Waals surface area contributed by atoms with Gasteiger partial charge in [0.15, 0.2) is 0 Å². The van der Waals surface area contributed by atoms with Crippen LogP contribution < -0.4 is 5.73 Å². The van der Waals surface area contributed by atoms with Crippen molar-refractivity contribution in [1.82, 2.24) is 0 Å². The van der Waals surface area contributed by atoms with E-state index in [1.54, 1.807) is 0 Å². The predicted molar refractivity (Wildman–Crippen MR) is 84.8 cm³/mol. The SMILES string of the molecule is CC(C)c1ccc(C(N)CS(=O)C(C)C(C)C)cc1. The van der Waals surface area contributed by atoms with Crippen molar-refractivity contribution in [3.05, 3.63) is 35.4 Å². The topological polar surface area (TPSA) is 43.1 Å². The van der Waals surface area contributed by atoms with E-state index in [9.17, 15) is 4.21 Å². The fourth-order valence-corrected chi connectivity index (χ4v) is 3.31. The lowest BCUT2D eigenvalue weighted by molar-refractivity contribution is 0.601. The van der Waals surface area contributed by atoms with Gasteiger partial charge in [-0.05, 0) is 23.0 Å². The molecule has 108 valence electrons. The van der Waals surface area contributed by atoms with E-state index in [1.165, 1.54) is 5.56 Å². The Hall–Kier alpha value is -0.670. The normalized spacial score (nSPS) is 16.6. The second-order valence-corrected chi connectivity index (χ2v) is 7.76. The molecule has 1 rings (SSSR count). The second-order valence-electron chi connectivity index (χ2n) is 5.92. The zero-order valence-electron chi connectivity index (χ0n) is 12.7. The molecule has 1 aromatic carbocycles. The molecule has 0 aliphatic rings. The van der Waals surface area contributed by atoms with Gasteiger partial charge in [-0.2, -0.15) is 0 Å². The van der Waals surface area contributed by atoms with Crippen LogP contribution in [0.5, 0.6) is 0 Å². The molecule has 2 nitrogen and oxygen atoms in total. The van der Waals surface area contributed by atoms with Crippen molar-refractivity contribution in [2.75, 3.05) is 5.75 Å². The Kier molecular flexibility index (Phi) is 6.21. The highest BCUT2D eigenvalue weighted by molar-refractivity contribution is 7.85. The van der Waals surface area contributed by atoms with Crippen LogP contribution in [0, 0.1) is 5.92 Å². The fraction of sp³-hybridized carbons (Fsp3) is 0.625. The summed E-state index contributed by atoms with van der Waals surface area (Å²) in [6.07, 6.45) is 0. The summed E-state index contributed by atoms with van der Waals surface area (Å²) in [5.74, 6) is 1.50. The summed E-state index contributed by atoms with van der Waals surface area (Å²) < 4.78 is 12.2. The van der Waals surface area contributed by atoms with Gasteiger partial charge in [0.05, 0.1) is 0 Å². The van der Waals surface area contributed by atoms with Crippen LogP contribution in [0.15, 0.2) is 24.3 Å². The molecule has 0 heterocycles. The van der Waals surface area contributed by atoms with Gasteiger partial charge in [-0.15, -0.1) is 0 Å². The highest BCUT2D eigenvalue weighted by Crippen LogP contribution is 2.19. The first kappa shape index (κ1) is 16.4. The van der Waals surface area contributed by atoms with Crippen LogP contribution in [0.4, 0.5) is 0 Å². The van der Waals surface area contributed by atoms with Crippen molar-refractivity contribution in [3.63, 3.8) is 0 Å². The number of rotatable bonds is 6. The first-order valence-electron chi connectivity index (χ1n) is 7.05. The third-order valence-corrected chi connectivity index (χ3v) is 5.79. The van der Waals surface area contributed by atoms with E-state index in [1.807, 2.05) is 6.92 Å². The molecule has 1 aromatic rings. The van der Waals surface area contributed by atoms with Crippen LogP contribution in [0.1, 0.15) is 57.7 Å². The van der Waals surface area contributed by atoms with E-state index in [-0.39, 0.29) is 11.3 Å². The maximum absolute atomic E-state index is 12.2. The number of benzene rings is 1. The lowest BCUT2D eigenvalue weighted by atomic mass is 10.00. The van der Waals surface area contributed by atoms with Crippen molar-refractivity contribution in [3.8, 4) is 0 Å². The van der Waals surface area contributed by atoms with E-state index >= 15 is 0 Å². The van der Waals surface area contributed by atoms with Crippen molar-refractivity contribution in [2.45, 2.75) is 51.8 Å². The molecule has 0 aromatic heterocycles. The Morgan fingerprint density at radius 3 is 1.89 bits per heavy atom. The molecular formula is C16H27NOS. The minimum Gasteiger partial charge on any atom is -0.323 e. The Bertz CT molecular complexity index is 411. The first-order chi connectivity index (χ1) is 8.82. The maximum Gasteiger partial charge on any atom is 0.0431 e. The van der Waals surface area contributed by atoms with Gasteiger partial charge in [0.2, 0.25) is 0 Å². The van der Waals surface area contributed by atoms with E-state index in [2.05, 4.69) is 52.0 Å². The molecule has 19 heavy (non-hydrogen) atoms. The number of hydrogen-bond acceptors (Lipinski definition) is 2. The molecule has 0 saturated heterocycles. The van der Waals surface area contributed by atoms with Gasteiger partial charge < -0.3 is 5.73 Å². The van der Waals surface area contributed by atoms with Crippen molar-refractivity contribution < 1.29 is 4.21 Å². The predicted octanol–water partition coefficient (Wildman–Crippen LogP) is 3.60. The summed E-state index contributed by atoms with van der Waals surface area (Å²) >= 11 is 0. The highest BCUT2D eigenvalue weighted by atomic mass is 32.2. The number of hydrogen-bond donors (Lipinski definition) is 1. The molecule has 3 heteroatoms. The van der Waals surface area contributed by atoms with Gasteiger partial charge in [-0.25, -0.2) is 0 Å². The minimum absolute atomic E-state index is 0.136. The van der Waals surface area contributed by atoms with Crippen molar-refractivity contribution >= 4 is 10.8 Å². The van der Waals surface area contributed by atoms with Gasteiger partial charge >= 0.3 is 0 Å². The third-order valence-electron chi connectivity index (χ3n) is 3.73. The van der Waals surface area contributed by atoms with Gasteiger partial charge in [0, 0.05) is 27.8 Å². The van der Waals surface area contributed by atoms with Crippen molar-refractivity contribution in [1.29, 1.82) is 0 Å². The van der Waals surface area contributed by atoms with Gasteiger partial charge in [0.25, 0.3) is 0 Å². The molecule has 2 N–H and O–H groups in total. The summed E-state index contributed by atoms with van der Waals surface area (Å²) in [5, 5.41) is 0.195. The Labute approximate surface area is 120 Å². The first-order valence-corrected chi connectivity index (χ1v) is 8.43. The Morgan fingerprint density at radius 1 is 1.00 bits per heavy atom. The van der Waals surface area contributed by atoms with Gasteiger partial charge in [-0.3, -0.25) is 4.21 Å². The van der Waals surface area contributed by atoms with E-state index in [0.717, 1.165) is 5.56 Å². The summed E-state index contributed by atoms with van der Waals surface area (Å²) in [5.41, 5.74) is 8.56. The Morgan fingerprint density at radius 2 is 1.47 bits per heavy atom. The average molecular weight is 281 g/mol. The summed E-state index contributed by atoms with van der Waals surface area (Å²) in [7, 11) is -0.865. The highest BCUT2D eigenvalue weighted by Gasteiger charge is 2.18. The van der Waals surface area contributed by atoms with Crippen LogP contribution in [0.2, 0.25) is 0 Å². The van der Waals surface area contributed by atoms with Crippen LogP contribution in [0.25, 0.3) is 0 Å².